The van der Waals surface area contributed by atoms with Crippen LogP contribution in [0.2, 0.25) is 0 Å². The minimum atomic E-state index is -0.885. The summed E-state index contributed by atoms with van der Waals surface area (Å²) in [6.07, 6.45) is -1.68. The lowest BCUT2D eigenvalue weighted by Gasteiger charge is -2.08. The first kappa shape index (κ1) is 18.0. The van der Waals surface area contributed by atoms with Crippen LogP contribution < -0.4 is 5.32 Å². The molecule has 1 N–H and O–H groups in total. The summed E-state index contributed by atoms with van der Waals surface area (Å²) in [5, 5.41) is 2.23. The van der Waals surface area contributed by atoms with Gasteiger partial charge in [-0.1, -0.05) is 60.7 Å². The van der Waals surface area contributed by atoms with E-state index in [1.54, 1.807) is 0 Å². The third-order valence-corrected chi connectivity index (χ3v) is 3.01. The molecule has 0 unspecified atom stereocenters. The molecule has 0 saturated carbocycles. The topological polar surface area (TPSA) is 86.2 Å². The van der Waals surface area contributed by atoms with Gasteiger partial charge in [-0.15, -0.1) is 4.99 Å². The predicted octanol–water partition coefficient (Wildman–Crippen LogP) is 3.25. The van der Waals surface area contributed by atoms with E-state index in [1.807, 2.05) is 60.7 Å². The molecular weight excluding hydrogens is 324 g/mol. The highest BCUT2D eigenvalue weighted by Gasteiger charge is 2.11. The molecule has 2 amide bonds. The number of benzene rings is 2. The fourth-order valence-corrected chi connectivity index (χ4v) is 1.81. The molecule has 0 aromatic heterocycles. The van der Waals surface area contributed by atoms with E-state index >= 15 is 0 Å². The van der Waals surface area contributed by atoms with Crippen LogP contribution in [0, 0.1) is 0 Å². The molecule has 130 valence electrons. The summed E-state index contributed by atoms with van der Waals surface area (Å²) in [4.78, 5) is 26.9. The number of nitrogens with zero attached hydrogens (tertiary/aromatic N) is 1. The molecule has 0 atom stereocenters. The molecule has 0 heterocycles. The molecule has 2 aromatic rings. The summed E-state index contributed by atoms with van der Waals surface area (Å²) in [6, 6.07) is 18.0. The van der Waals surface area contributed by atoms with Crippen molar-refractivity contribution < 1.29 is 23.8 Å². The largest absolute Gasteiger partial charge is 0.468 e. The van der Waals surface area contributed by atoms with Gasteiger partial charge < -0.3 is 14.2 Å². The van der Waals surface area contributed by atoms with Crippen molar-refractivity contribution in [3.63, 3.8) is 0 Å². The van der Waals surface area contributed by atoms with Gasteiger partial charge in [0.25, 0.3) is 0 Å². The van der Waals surface area contributed by atoms with Gasteiger partial charge in [-0.3, -0.25) is 0 Å². The first-order chi connectivity index (χ1) is 12.2. The molecule has 7 heteroatoms. The number of carbonyl (C=O) groups excluding carboxylic acids is 2. The van der Waals surface area contributed by atoms with Crippen LogP contribution in [-0.4, -0.2) is 25.3 Å². The van der Waals surface area contributed by atoms with E-state index in [0.717, 1.165) is 11.1 Å². The van der Waals surface area contributed by atoms with Gasteiger partial charge in [0, 0.05) is 0 Å². The molecule has 0 aliphatic heterocycles. The number of amides is 2. The van der Waals surface area contributed by atoms with Gasteiger partial charge in [-0.25, -0.2) is 14.9 Å². The van der Waals surface area contributed by atoms with Crippen LogP contribution in [0.5, 0.6) is 0 Å². The summed E-state index contributed by atoms with van der Waals surface area (Å²) in [6.45, 7) is 0.154. The maximum atomic E-state index is 11.7. The smallest absolute Gasteiger partial charge is 0.438 e. The lowest BCUT2D eigenvalue weighted by atomic mass is 10.2. The third kappa shape index (κ3) is 6.74. The molecule has 0 bridgehead atoms. The highest BCUT2D eigenvalue weighted by molar-refractivity contribution is 5.95. The summed E-state index contributed by atoms with van der Waals surface area (Å²) in [7, 11) is 1.26. The third-order valence-electron chi connectivity index (χ3n) is 3.01. The van der Waals surface area contributed by atoms with Gasteiger partial charge in [0.1, 0.15) is 13.2 Å². The zero-order valence-corrected chi connectivity index (χ0v) is 13.7. The second-order valence-corrected chi connectivity index (χ2v) is 4.85. The first-order valence-electron chi connectivity index (χ1n) is 7.48. The number of carbonyl (C=O) groups is 2. The van der Waals surface area contributed by atoms with Crippen molar-refractivity contribution in [3.05, 3.63) is 71.8 Å². The predicted molar refractivity (Wildman–Crippen MR) is 90.8 cm³/mol. The molecule has 0 spiro atoms. The summed E-state index contributed by atoms with van der Waals surface area (Å²) >= 11 is 0. The van der Waals surface area contributed by atoms with Crippen LogP contribution in [0.3, 0.4) is 0 Å². The Morgan fingerprint density at radius 3 is 1.92 bits per heavy atom. The SMILES string of the molecule is COC(=NC(=O)OCc1ccccc1)NC(=O)OCc1ccccc1. The van der Waals surface area contributed by atoms with E-state index < -0.39 is 12.2 Å². The van der Waals surface area contributed by atoms with Crippen LogP contribution in [0.25, 0.3) is 0 Å². The lowest BCUT2D eigenvalue weighted by Crippen LogP contribution is -2.33. The summed E-state index contributed by atoms with van der Waals surface area (Å²) < 4.78 is 14.8. The van der Waals surface area contributed by atoms with Gasteiger partial charge >= 0.3 is 18.2 Å². The minimum Gasteiger partial charge on any atom is -0.468 e. The number of methoxy groups -OCH3 is 1. The monoisotopic (exact) mass is 342 g/mol. The molecule has 25 heavy (non-hydrogen) atoms. The molecule has 2 rings (SSSR count). The number of amidine groups is 1. The van der Waals surface area contributed by atoms with Gasteiger partial charge in [0.2, 0.25) is 0 Å². The summed E-state index contributed by atoms with van der Waals surface area (Å²) in [5.41, 5.74) is 1.65. The maximum Gasteiger partial charge on any atom is 0.438 e. The molecular formula is C18H18N2O5. The molecule has 7 nitrogen and oxygen atoms in total. The average Bonchev–Trinajstić information content (AvgIpc) is 2.66. The van der Waals surface area contributed by atoms with E-state index in [0.29, 0.717) is 0 Å². The van der Waals surface area contributed by atoms with Gasteiger partial charge in [-0.2, -0.15) is 0 Å². The van der Waals surface area contributed by atoms with Crippen LogP contribution in [-0.2, 0) is 27.4 Å². The van der Waals surface area contributed by atoms with Crippen molar-refractivity contribution in [2.75, 3.05) is 7.11 Å². The first-order valence-corrected chi connectivity index (χ1v) is 7.48. The Morgan fingerprint density at radius 1 is 0.880 bits per heavy atom. The van der Waals surface area contributed by atoms with E-state index in [1.165, 1.54) is 7.11 Å². The van der Waals surface area contributed by atoms with Crippen molar-refractivity contribution in [3.8, 4) is 0 Å². The maximum absolute atomic E-state index is 11.7. The Morgan fingerprint density at radius 2 is 1.40 bits per heavy atom. The highest BCUT2D eigenvalue weighted by atomic mass is 16.6. The Labute approximate surface area is 145 Å². The fraction of sp³-hybridized carbons (Fsp3) is 0.167. The van der Waals surface area contributed by atoms with Crippen molar-refractivity contribution in [1.29, 1.82) is 0 Å². The van der Waals surface area contributed by atoms with E-state index in [2.05, 4.69) is 10.3 Å². The quantitative estimate of drug-likeness (QED) is 0.681. The second-order valence-electron chi connectivity index (χ2n) is 4.85. The molecule has 0 saturated heterocycles. The number of hydrogen-bond donors (Lipinski definition) is 1. The Balaban J connectivity index is 1.80. The van der Waals surface area contributed by atoms with Gasteiger partial charge in [-0.05, 0) is 11.1 Å². The summed E-state index contributed by atoms with van der Waals surface area (Å²) in [5.74, 6) is 0. The lowest BCUT2D eigenvalue weighted by molar-refractivity contribution is 0.141. The van der Waals surface area contributed by atoms with Gasteiger partial charge in [0.05, 0.1) is 7.11 Å². The minimum absolute atomic E-state index is 0.0681. The Hall–Kier alpha value is -3.35. The van der Waals surface area contributed by atoms with E-state index in [4.69, 9.17) is 14.2 Å². The van der Waals surface area contributed by atoms with Crippen LogP contribution in [0.15, 0.2) is 65.7 Å². The highest BCUT2D eigenvalue weighted by Crippen LogP contribution is 2.02. The van der Waals surface area contributed by atoms with Crippen molar-refractivity contribution in [1.82, 2.24) is 5.32 Å². The number of hydrogen-bond acceptors (Lipinski definition) is 5. The number of alkyl carbamates (subject to hydrolysis) is 1. The zero-order valence-electron chi connectivity index (χ0n) is 13.7. The standard InChI is InChI=1S/C18H18N2O5/c1-23-16(19-17(21)24-12-14-8-4-2-5-9-14)20-18(22)25-13-15-10-6-3-7-11-15/h2-11H,12-13H2,1H3,(H,19,20,21,22). The van der Waals surface area contributed by atoms with Gasteiger partial charge in [0.15, 0.2) is 0 Å². The van der Waals surface area contributed by atoms with Crippen LogP contribution >= 0.6 is 0 Å². The van der Waals surface area contributed by atoms with Crippen molar-refractivity contribution >= 4 is 18.2 Å². The van der Waals surface area contributed by atoms with Crippen LogP contribution in [0.4, 0.5) is 9.59 Å². The van der Waals surface area contributed by atoms with E-state index in [9.17, 15) is 9.59 Å². The normalized spacial score (nSPS) is 10.7. The van der Waals surface area contributed by atoms with Crippen molar-refractivity contribution in [2.45, 2.75) is 13.2 Å². The molecule has 0 aliphatic rings. The fourth-order valence-electron chi connectivity index (χ4n) is 1.81. The number of aliphatic imine (C=N–C) groups is 1. The number of nitrogens with one attached hydrogen (secondary N) is 1. The Bertz CT molecular complexity index is 717. The second kappa shape index (κ2) is 9.71. The Kier molecular flexibility index (Phi) is 6.99. The van der Waals surface area contributed by atoms with Crippen LogP contribution in [0.1, 0.15) is 11.1 Å². The van der Waals surface area contributed by atoms with Crippen molar-refractivity contribution in [2.24, 2.45) is 4.99 Å². The number of ether oxygens (including phenoxy) is 3. The van der Waals surface area contributed by atoms with E-state index in [-0.39, 0.29) is 19.2 Å². The number of rotatable bonds is 4. The average molecular weight is 342 g/mol. The molecule has 0 radical (unpaired) electrons. The zero-order chi connectivity index (χ0) is 17.9. The molecule has 0 aliphatic carbocycles. The molecule has 0 fully saturated rings. The molecule has 2 aromatic carbocycles.